The zero-order valence-corrected chi connectivity index (χ0v) is 18.7. The Hall–Kier alpha value is -3.79. The molecule has 4 N–H and O–H groups in total. The third kappa shape index (κ3) is 6.13. The number of ether oxygens (including phenoxy) is 2. The second kappa shape index (κ2) is 10.7. The summed E-state index contributed by atoms with van der Waals surface area (Å²) in [5, 5.41) is 9.92. The minimum absolute atomic E-state index is 0.0319. The highest BCUT2D eigenvalue weighted by Crippen LogP contribution is 2.20. The van der Waals surface area contributed by atoms with Crippen LogP contribution in [0.4, 0.5) is 28.1 Å². The molecule has 174 valence electrons. The molecule has 1 saturated heterocycles. The van der Waals surface area contributed by atoms with E-state index in [1.807, 2.05) is 24.3 Å². The van der Waals surface area contributed by atoms with Crippen molar-refractivity contribution in [3.63, 3.8) is 0 Å². The number of nitrogens with one attached hydrogen (secondary N) is 2. The van der Waals surface area contributed by atoms with E-state index in [9.17, 15) is 4.79 Å². The minimum Gasteiger partial charge on any atom is -0.497 e. The van der Waals surface area contributed by atoms with Crippen molar-refractivity contribution in [2.75, 3.05) is 49.7 Å². The van der Waals surface area contributed by atoms with Gasteiger partial charge in [0.15, 0.2) is 0 Å². The Balaban J connectivity index is 1.30. The first kappa shape index (κ1) is 22.4. The molecule has 2 heterocycles. The lowest BCUT2D eigenvalue weighted by Gasteiger charge is -2.26. The van der Waals surface area contributed by atoms with Crippen LogP contribution in [0.1, 0.15) is 19.3 Å². The lowest BCUT2D eigenvalue weighted by atomic mass is 10.1. The van der Waals surface area contributed by atoms with Crippen LogP contribution in [0.5, 0.6) is 11.5 Å². The Labute approximate surface area is 192 Å². The standard InChI is InChI=1S/C23H29N7O3/c1-32-20-7-5-6-18(16-20)26-23(31)30-21(24)27-22(28-30)25-17-8-10-19(11-9-17)33-15-14-29-12-3-2-4-13-29/h5-11,16H,2-4,12-15H2,1H3,(H,26,31)(H3,24,25,27,28). The van der Waals surface area contributed by atoms with Gasteiger partial charge in [-0.05, 0) is 62.3 Å². The van der Waals surface area contributed by atoms with E-state index in [0.29, 0.717) is 18.0 Å². The molecule has 4 rings (SSSR count). The summed E-state index contributed by atoms with van der Waals surface area (Å²) in [6.45, 7) is 3.93. The molecule has 1 aliphatic heterocycles. The average molecular weight is 452 g/mol. The van der Waals surface area contributed by atoms with Gasteiger partial charge in [-0.2, -0.15) is 4.98 Å². The molecule has 0 saturated carbocycles. The van der Waals surface area contributed by atoms with E-state index in [0.717, 1.165) is 35.8 Å². The Kier molecular flexibility index (Phi) is 7.26. The van der Waals surface area contributed by atoms with Crippen LogP contribution in [0.2, 0.25) is 0 Å². The van der Waals surface area contributed by atoms with Gasteiger partial charge >= 0.3 is 6.03 Å². The number of amides is 1. The van der Waals surface area contributed by atoms with E-state index < -0.39 is 6.03 Å². The Morgan fingerprint density at radius 1 is 1.06 bits per heavy atom. The maximum Gasteiger partial charge on any atom is 0.349 e. The van der Waals surface area contributed by atoms with Gasteiger partial charge in [-0.25, -0.2) is 4.79 Å². The first-order valence-corrected chi connectivity index (χ1v) is 11.0. The molecule has 1 aliphatic rings. The first-order chi connectivity index (χ1) is 16.1. The number of nitrogens with zero attached hydrogens (tertiary/aromatic N) is 4. The van der Waals surface area contributed by atoms with Gasteiger partial charge in [0.05, 0.1) is 7.11 Å². The van der Waals surface area contributed by atoms with E-state index in [-0.39, 0.29) is 11.9 Å². The molecule has 0 aliphatic carbocycles. The third-order valence-electron chi connectivity index (χ3n) is 5.38. The van der Waals surface area contributed by atoms with Gasteiger partial charge in [0.1, 0.15) is 18.1 Å². The number of nitrogen functional groups attached to an aromatic ring is 1. The predicted octanol–water partition coefficient (Wildman–Crippen LogP) is 3.56. The molecule has 2 aromatic carbocycles. The summed E-state index contributed by atoms with van der Waals surface area (Å²) >= 11 is 0. The Morgan fingerprint density at radius 3 is 2.61 bits per heavy atom. The Morgan fingerprint density at radius 2 is 1.85 bits per heavy atom. The molecule has 0 unspecified atom stereocenters. The van der Waals surface area contributed by atoms with Crippen LogP contribution in [0.3, 0.4) is 0 Å². The van der Waals surface area contributed by atoms with Crippen molar-refractivity contribution < 1.29 is 14.3 Å². The van der Waals surface area contributed by atoms with Crippen LogP contribution in [-0.2, 0) is 0 Å². The number of carbonyl (C=O) groups excluding carboxylic acids is 1. The third-order valence-corrected chi connectivity index (χ3v) is 5.38. The zero-order chi connectivity index (χ0) is 23.0. The fourth-order valence-corrected chi connectivity index (χ4v) is 3.64. The highest BCUT2D eigenvalue weighted by Gasteiger charge is 2.15. The summed E-state index contributed by atoms with van der Waals surface area (Å²) in [6, 6.07) is 14.0. The number of hydrogen-bond acceptors (Lipinski definition) is 8. The van der Waals surface area contributed by atoms with Crippen molar-refractivity contribution in [2.45, 2.75) is 19.3 Å². The summed E-state index contributed by atoms with van der Waals surface area (Å²) in [7, 11) is 1.56. The molecule has 33 heavy (non-hydrogen) atoms. The fraction of sp³-hybridized carbons (Fsp3) is 0.348. The summed E-state index contributed by atoms with van der Waals surface area (Å²) in [5.41, 5.74) is 7.19. The minimum atomic E-state index is -0.529. The molecule has 10 nitrogen and oxygen atoms in total. The normalized spacial score (nSPS) is 14.0. The predicted molar refractivity (Wildman–Crippen MR) is 127 cm³/mol. The summed E-state index contributed by atoms with van der Waals surface area (Å²) in [4.78, 5) is 19.1. The van der Waals surface area contributed by atoms with Crippen molar-refractivity contribution in [3.8, 4) is 11.5 Å². The number of likely N-dealkylation sites (tertiary alicyclic amines) is 1. The van der Waals surface area contributed by atoms with Crippen LogP contribution < -0.4 is 25.8 Å². The van der Waals surface area contributed by atoms with E-state index in [1.165, 1.54) is 19.3 Å². The molecule has 0 atom stereocenters. The summed E-state index contributed by atoms with van der Waals surface area (Å²) in [5.74, 6) is 1.61. The van der Waals surface area contributed by atoms with Crippen molar-refractivity contribution in [1.29, 1.82) is 0 Å². The lowest BCUT2D eigenvalue weighted by Crippen LogP contribution is -2.33. The molecule has 0 bridgehead atoms. The van der Waals surface area contributed by atoms with Gasteiger partial charge in [0.2, 0.25) is 11.9 Å². The highest BCUT2D eigenvalue weighted by molar-refractivity contribution is 5.92. The molecule has 1 aromatic heterocycles. The first-order valence-electron chi connectivity index (χ1n) is 11.0. The maximum absolute atomic E-state index is 12.5. The molecule has 3 aromatic rings. The molecule has 1 amide bonds. The Bertz CT molecular complexity index is 1060. The number of nitrogens with two attached hydrogens (primary N) is 1. The quantitative estimate of drug-likeness (QED) is 0.476. The lowest BCUT2D eigenvalue weighted by molar-refractivity contribution is 0.183. The summed E-state index contributed by atoms with van der Waals surface area (Å²) < 4.78 is 12.0. The highest BCUT2D eigenvalue weighted by atomic mass is 16.5. The molecular weight excluding hydrogens is 422 g/mol. The van der Waals surface area contributed by atoms with Gasteiger partial charge in [0.25, 0.3) is 0 Å². The number of piperidine rings is 1. The van der Waals surface area contributed by atoms with Gasteiger partial charge in [-0.3, -0.25) is 4.90 Å². The molecule has 0 spiro atoms. The van der Waals surface area contributed by atoms with E-state index >= 15 is 0 Å². The number of aromatic nitrogens is 3. The monoisotopic (exact) mass is 451 g/mol. The second-order valence-corrected chi connectivity index (χ2v) is 7.77. The number of rotatable bonds is 8. The van der Waals surface area contributed by atoms with Crippen molar-refractivity contribution in [1.82, 2.24) is 19.7 Å². The number of benzene rings is 2. The molecule has 1 fully saturated rings. The van der Waals surface area contributed by atoms with E-state index in [2.05, 4.69) is 25.6 Å². The largest absolute Gasteiger partial charge is 0.497 e. The van der Waals surface area contributed by atoms with Crippen LogP contribution in [0.25, 0.3) is 0 Å². The topological polar surface area (TPSA) is 120 Å². The average Bonchev–Trinajstić information content (AvgIpc) is 3.21. The summed E-state index contributed by atoms with van der Waals surface area (Å²) in [6.07, 6.45) is 3.88. The van der Waals surface area contributed by atoms with Crippen LogP contribution in [-0.4, -0.2) is 59.0 Å². The van der Waals surface area contributed by atoms with Crippen molar-refractivity contribution in [2.24, 2.45) is 0 Å². The molecule has 0 radical (unpaired) electrons. The number of carbonyl (C=O) groups is 1. The van der Waals surface area contributed by atoms with E-state index in [1.54, 1.807) is 31.4 Å². The van der Waals surface area contributed by atoms with Crippen LogP contribution in [0.15, 0.2) is 48.5 Å². The number of anilines is 4. The molecular formula is C23H29N7O3. The maximum atomic E-state index is 12.5. The second-order valence-electron chi connectivity index (χ2n) is 7.77. The van der Waals surface area contributed by atoms with Gasteiger partial charge in [0, 0.05) is 24.0 Å². The van der Waals surface area contributed by atoms with Crippen LogP contribution in [0, 0.1) is 0 Å². The molecule has 10 heteroatoms. The SMILES string of the molecule is COc1cccc(NC(=O)n2nc(Nc3ccc(OCCN4CCCCC4)cc3)nc2N)c1. The van der Waals surface area contributed by atoms with Gasteiger partial charge in [-0.1, -0.05) is 12.5 Å². The van der Waals surface area contributed by atoms with Gasteiger partial charge in [-0.15, -0.1) is 9.78 Å². The van der Waals surface area contributed by atoms with Crippen molar-refractivity contribution in [3.05, 3.63) is 48.5 Å². The number of hydrogen-bond donors (Lipinski definition) is 3. The van der Waals surface area contributed by atoms with E-state index in [4.69, 9.17) is 15.2 Å². The fourth-order valence-electron chi connectivity index (χ4n) is 3.64. The van der Waals surface area contributed by atoms with Crippen molar-refractivity contribution >= 4 is 29.3 Å². The zero-order valence-electron chi connectivity index (χ0n) is 18.7. The number of methoxy groups -OCH3 is 1. The smallest absolute Gasteiger partial charge is 0.349 e. The van der Waals surface area contributed by atoms with Crippen LogP contribution >= 0.6 is 0 Å². The van der Waals surface area contributed by atoms with Gasteiger partial charge < -0.3 is 25.8 Å².